The predicted molar refractivity (Wildman–Crippen MR) is 81.3 cm³/mol. The molecule has 0 saturated heterocycles. The Labute approximate surface area is 123 Å². The second-order valence-electron chi connectivity index (χ2n) is 4.52. The lowest BCUT2D eigenvalue weighted by Gasteiger charge is -2.08. The SMILES string of the molecule is C/C(=N/NC(=O)COc1ccccc1C)c1ccncc1. The van der Waals surface area contributed by atoms with Gasteiger partial charge in [0.15, 0.2) is 6.61 Å². The molecule has 5 heteroatoms. The van der Waals surface area contributed by atoms with Gasteiger partial charge in [0, 0.05) is 18.0 Å². The Morgan fingerprint density at radius 3 is 2.67 bits per heavy atom. The quantitative estimate of drug-likeness (QED) is 0.676. The maximum atomic E-state index is 11.7. The number of hydrazone groups is 1. The van der Waals surface area contributed by atoms with E-state index in [4.69, 9.17) is 4.74 Å². The van der Waals surface area contributed by atoms with E-state index < -0.39 is 0 Å². The Bertz CT molecular complexity index is 639. The first-order valence-electron chi connectivity index (χ1n) is 6.59. The fraction of sp³-hybridized carbons (Fsp3) is 0.188. The van der Waals surface area contributed by atoms with Gasteiger partial charge in [0.1, 0.15) is 5.75 Å². The predicted octanol–water partition coefficient (Wildman–Crippen LogP) is 2.31. The van der Waals surface area contributed by atoms with E-state index in [1.165, 1.54) is 0 Å². The van der Waals surface area contributed by atoms with E-state index >= 15 is 0 Å². The molecule has 2 rings (SSSR count). The van der Waals surface area contributed by atoms with E-state index in [0.717, 1.165) is 11.1 Å². The Hall–Kier alpha value is -2.69. The fourth-order valence-electron chi connectivity index (χ4n) is 1.70. The summed E-state index contributed by atoms with van der Waals surface area (Å²) in [4.78, 5) is 15.6. The number of pyridine rings is 1. The lowest BCUT2D eigenvalue weighted by atomic mass is 10.2. The Morgan fingerprint density at radius 2 is 1.95 bits per heavy atom. The van der Waals surface area contributed by atoms with E-state index in [9.17, 15) is 4.79 Å². The lowest BCUT2D eigenvalue weighted by Crippen LogP contribution is -2.25. The van der Waals surface area contributed by atoms with Gasteiger partial charge in [-0.2, -0.15) is 5.10 Å². The van der Waals surface area contributed by atoms with Crippen molar-refractivity contribution in [1.82, 2.24) is 10.4 Å². The van der Waals surface area contributed by atoms with Crippen LogP contribution in [-0.2, 0) is 4.79 Å². The van der Waals surface area contributed by atoms with Gasteiger partial charge in [0.05, 0.1) is 5.71 Å². The van der Waals surface area contributed by atoms with Crippen molar-refractivity contribution in [3.8, 4) is 5.75 Å². The first-order chi connectivity index (χ1) is 10.2. The Balaban J connectivity index is 1.87. The van der Waals surface area contributed by atoms with E-state index in [0.29, 0.717) is 11.5 Å². The molecule has 0 aliphatic heterocycles. The molecule has 0 unspecified atom stereocenters. The number of aryl methyl sites for hydroxylation is 1. The normalized spacial score (nSPS) is 11.0. The molecule has 1 heterocycles. The van der Waals surface area contributed by atoms with Gasteiger partial charge in [-0.25, -0.2) is 5.43 Å². The van der Waals surface area contributed by atoms with Gasteiger partial charge in [0.25, 0.3) is 5.91 Å². The van der Waals surface area contributed by atoms with Gasteiger partial charge in [-0.3, -0.25) is 9.78 Å². The van der Waals surface area contributed by atoms with Crippen LogP contribution >= 0.6 is 0 Å². The van der Waals surface area contributed by atoms with Crippen molar-refractivity contribution in [3.05, 3.63) is 59.9 Å². The van der Waals surface area contributed by atoms with Crippen LogP contribution in [0.2, 0.25) is 0 Å². The Morgan fingerprint density at radius 1 is 1.24 bits per heavy atom. The molecule has 1 amide bonds. The molecule has 0 atom stereocenters. The van der Waals surface area contributed by atoms with Crippen molar-refractivity contribution < 1.29 is 9.53 Å². The molecule has 0 aliphatic carbocycles. The number of para-hydroxylation sites is 1. The highest BCUT2D eigenvalue weighted by Gasteiger charge is 2.04. The number of amides is 1. The first-order valence-corrected chi connectivity index (χ1v) is 6.59. The minimum Gasteiger partial charge on any atom is -0.483 e. The zero-order valence-corrected chi connectivity index (χ0v) is 12.0. The number of hydrogen-bond donors (Lipinski definition) is 1. The molecule has 1 aromatic heterocycles. The molecule has 108 valence electrons. The minimum absolute atomic E-state index is 0.0714. The number of nitrogens with one attached hydrogen (secondary N) is 1. The third kappa shape index (κ3) is 4.42. The molecule has 2 aromatic rings. The molecule has 0 radical (unpaired) electrons. The van der Waals surface area contributed by atoms with Gasteiger partial charge < -0.3 is 4.74 Å². The number of carbonyl (C=O) groups excluding carboxylic acids is 1. The lowest BCUT2D eigenvalue weighted by molar-refractivity contribution is -0.123. The van der Waals surface area contributed by atoms with E-state index in [-0.39, 0.29) is 12.5 Å². The van der Waals surface area contributed by atoms with Crippen LogP contribution in [0.5, 0.6) is 5.75 Å². The largest absolute Gasteiger partial charge is 0.483 e. The van der Waals surface area contributed by atoms with Crippen LogP contribution in [0.25, 0.3) is 0 Å². The standard InChI is InChI=1S/C16H17N3O2/c1-12-5-3-4-6-15(12)21-11-16(20)19-18-13(2)14-7-9-17-10-8-14/h3-10H,11H2,1-2H3,(H,19,20)/b18-13-. The van der Waals surface area contributed by atoms with Crippen LogP contribution in [0.4, 0.5) is 0 Å². The Kier molecular flexibility index (Phi) is 5.04. The highest BCUT2D eigenvalue weighted by Crippen LogP contribution is 2.15. The summed E-state index contributed by atoms with van der Waals surface area (Å²) in [6.07, 6.45) is 3.36. The van der Waals surface area contributed by atoms with Gasteiger partial charge >= 0.3 is 0 Å². The maximum absolute atomic E-state index is 11.7. The number of carbonyl (C=O) groups is 1. The maximum Gasteiger partial charge on any atom is 0.277 e. The molecule has 0 aliphatic rings. The number of rotatable bonds is 5. The van der Waals surface area contributed by atoms with Crippen LogP contribution in [-0.4, -0.2) is 23.2 Å². The number of ether oxygens (including phenoxy) is 1. The summed E-state index contributed by atoms with van der Waals surface area (Å²) in [6, 6.07) is 11.2. The molecule has 0 bridgehead atoms. The first kappa shape index (κ1) is 14.7. The van der Waals surface area contributed by atoms with Crippen LogP contribution < -0.4 is 10.2 Å². The monoisotopic (exact) mass is 283 g/mol. The molecule has 21 heavy (non-hydrogen) atoms. The van der Waals surface area contributed by atoms with Gasteiger partial charge in [-0.15, -0.1) is 0 Å². The molecule has 0 spiro atoms. The van der Waals surface area contributed by atoms with Crippen molar-refractivity contribution in [2.45, 2.75) is 13.8 Å². The average molecular weight is 283 g/mol. The fourth-order valence-corrected chi connectivity index (χ4v) is 1.70. The van der Waals surface area contributed by atoms with Crippen molar-refractivity contribution in [2.75, 3.05) is 6.61 Å². The highest BCUT2D eigenvalue weighted by atomic mass is 16.5. The molecule has 1 aromatic carbocycles. The minimum atomic E-state index is -0.299. The average Bonchev–Trinajstić information content (AvgIpc) is 2.52. The molecule has 1 N–H and O–H groups in total. The zero-order chi connectivity index (χ0) is 15.1. The van der Waals surface area contributed by atoms with Crippen LogP contribution in [0.15, 0.2) is 53.9 Å². The molecule has 0 saturated carbocycles. The van der Waals surface area contributed by atoms with Gasteiger partial charge in [0.2, 0.25) is 0 Å². The topological polar surface area (TPSA) is 63.6 Å². The number of nitrogens with zero attached hydrogens (tertiary/aromatic N) is 2. The van der Waals surface area contributed by atoms with Gasteiger partial charge in [-0.05, 0) is 37.6 Å². The number of benzene rings is 1. The molecular weight excluding hydrogens is 266 g/mol. The summed E-state index contributed by atoms with van der Waals surface area (Å²) >= 11 is 0. The van der Waals surface area contributed by atoms with Crippen LogP contribution in [0.1, 0.15) is 18.1 Å². The summed E-state index contributed by atoms with van der Waals surface area (Å²) in [7, 11) is 0. The van der Waals surface area contributed by atoms with Crippen molar-refractivity contribution in [2.24, 2.45) is 5.10 Å². The summed E-state index contributed by atoms with van der Waals surface area (Å²) < 4.78 is 5.45. The summed E-state index contributed by atoms with van der Waals surface area (Å²) in [5.74, 6) is 0.397. The second-order valence-corrected chi connectivity index (χ2v) is 4.52. The van der Waals surface area contributed by atoms with Crippen molar-refractivity contribution >= 4 is 11.6 Å². The second kappa shape index (κ2) is 7.19. The van der Waals surface area contributed by atoms with Crippen molar-refractivity contribution in [3.63, 3.8) is 0 Å². The number of hydrogen-bond acceptors (Lipinski definition) is 4. The molecular formula is C16H17N3O2. The van der Waals surface area contributed by atoms with Crippen LogP contribution in [0.3, 0.4) is 0 Å². The zero-order valence-electron chi connectivity index (χ0n) is 12.0. The van der Waals surface area contributed by atoms with Crippen LogP contribution in [0, 0.1) is 6.92 Å². The summed E-state index contributed by atoms with van der Waals surface area (Å²) in [5, 5.41) is 4.04. The van der Waals surface area contributed by atoms with Crippen molar-refractivity contribution in [1.29, 1.82) is 0 Å². The number of aromatic nitrogens is 1. The highest BCUT2D eigenvalue weighted by molar-refractivity contribution is 5.99. The molecule has 5 nitrogen and oxygen atoms in total. The third-order valence-electron chi connectivity index (χ3n) is 2.90. The third-order valence-corrected chi connectivity index (χ3v) is 2.90. The summed E-state index contributed by atoms with van der Waals surface area (Å²) in [6.45, 7) is 3.68. The smallest absolute Gasteiger partial charge is 0.277 e. The summed E-state index contributed by atoms with van der Waals surface area (Å²) in [5.41, 5.74) is 5.08. The molecule has 0 fully saturated rings. The van der Waals surface area contributed by atoms with E-state index in [1.807, 2.05) is 50.2 Å². The van der Waals surface area contributed by atoms with E-state index in [2.05, 4.69) is 15.5 Å². The van der Waals surface area contributed by atoms with E-state index in [1.54, 1.807) is 12.4 Å². The van der Waals surface area contributed by atoms with Gasteiger partial charge in [-0.1, -0.05) is 18.2 Å².